The average molecular weight is 345 g/mol. The van der Waals surface area contributed by atoms with Crippen LogP contribution in [0, 0.1) is 0 Å². The standard InChI is InChI=1S/C19H21ClN2O2/c20-17-11-5-4-7-15(17)10-6-12-18(23)21-13-14-22-19(24)16-8-2-1-3-9-16/h1-5,7-9,11H,6,10,12-14H2,(H,21,23)(H,22,24). The summed E-state index contributed by atoms with van der Waals surface area (Å²) < 4.78 is 0. The molecule has 5 heteroatoms. The Hall–Kier alpha value is -2.33. The number of rotatable bonds is 8. The molecule has 0 radical (unpaired) electrons. The predicted molar refractivity (Wildman–Crippen MR) is 96.2 cm³/mol. The number of aryl methyl sites for hydroxylation is 1. The monoisotopic (exact) mass is 344 g/mol. The van der Waals surface area contributed by atoms with Crippen molar-refractivity contribution in [1.29, 1.82) is 0 Å². The fourth-order valence-electron chi connectivity index (χ4n) is 2.30. The third-order valence-electron chi connectivity index (χ3n) is 3.58. The van der Waals surface area contributed by atoms with Crippen LogP contribution in [-0.4, -0.2) is 24.9 Å². The van der Waals surface area contributed by atoms with E-state index in [1.54, 1.807) is 12.1 Å². The summed E-state index contributed by atoms with van der Waals surface area (Å²) in [4.78, 5) is 23.6. The first-order valence-corrected chi connectivity index (χ1v) is 8.38. The van der Waals surface area contributed by atoms with Gasteiger partial charge in [-0.05, 0) is 36.6 Å². The van der Waals surface area contributed by atoms with Crippen molar-refractivity contribution in [1.82, 2.24) is 10.6 Å². The van der Waals surface area contributed by atoms with E-state index < -0.39 is 0 Å². The molecule has 0 saturated heterocycles. The first-order valence-electron chi connectivity index (χ1n) is 8.00. The Morgan fingerprint density at radius 2 is 1.54 bits per heavy atom. The van der Waals surface area contributed by atoms with Crippen molar-refractivity contribution in [3.8, 4) is 0 Å². The lowest BCUT2D eigenvalue weighted by molar-refractivity contribution is -0.121. The van der Waals surface area contributed by atoms with Gasteiger partial charge in [-0.3, -0.25) is 9.59 Å². The van der Waals surface area contributed by atoms with Crippen LogP contribution in [0.2, 0.25) is 5.02 Å². The highest BCUT2D eigenvalue weighted by atomic mass is 35.5. The predicted octanol–water partition coefficient (Wildman–Crippen LogP) is 3.21. The second-order valence-corrected chi connectivity index (χ2v) is 5.82. The van der Waals surface area contributed by atoms with E-state index in [2.05, 4.69) is 10.6 Å². The third-order valence-corrected chi connectivity index (χ3v) is 3.95. The van der Waals surface area contributed by atoms with Gasteiger partial charge in [-0.15, -0.1) is 0 Å². The zero-order valence-corrected chi connectivity index (χ0v) is 14.2. The summed E-state index contributed by atoms with van der Waals surface area (Å²) in [6.07, 6.45) is 1.96. The number of hydrogen-bond donors (Lipinski definition) is 2. The van der Waals surface area contributed by atoms with Crippen LogP contribution in [-0.2, 0) is 11.2 Å². The van der Waals surface area contributed by atoms with E-state index in [9.17, 15) is 9.59 Å². The Morgan fingerprint density at radius 3 is 2.29 bits per heavy atom. The molecular formula is C19H21ClN2O2. The summed E-state index contributed by atoms with van der Waals surface area (Å²) in [6.45, 7) is 0.827. The minimum atomic E-state index is -0.136. The normalized spacial score (nSPS) is 10.2. The van der Waals surface area contributed by atoms with Gasteiger partial charge in [0, 0.05) is 30.1 Å². The molecule has 0 fully saturated rings. The molecule has 2 aromatic rings. The molecule has 2 rings (SSSR count). The van der Waals surface area contributed by atoms with Crippen LogP contribution >= 0.6 is 11.6 Å². The summed E-state index contributed by atoms with van der Waals surface area (Å²) in [5.74, 6) is -0.153. The number of benzene rings is 2. The van der Waals surface area contributed by atoms with E-state index in [1.807, 2.05) is 42.5 Å². The number of hydrogen-bond acceptors (Lipinski definition) is 2. The van der Waals surface area contributed by atoms with Crippen LogP contribution in [0.5, 0.6) is 0 Å². The maximum absolute atomic E-state index is 11.8. The van der Waals surface area contributed by atoms with E-state index in [0.29, 0.717) is 25.1 Å². The Kier molecular flexibility index (Phi) is 7.30. The largest absolute Gasteiger partial charge is 0.354 e. The molecule has 0 spiro atoms. The Morgan fingerprint density at radius 1 is 0.875 bits per heavy atom. The number of halogens is 1. The maximum atomic E-state index is 11.8. The first-order chi connectivity index (χ1) is 11.7. The molecule has 0 aliphatic heterocycles. The number of nitrogens with one attached hydrogen (secondary N) is 2. The Labute approximate surface area is 147 Å². The van der Waals surface area contributed by atoms with Crippen molar-refractivity contribution >= 4 is 23.4 Å². The molecule has 4 nitrogen and oxygen atoms in total. The van der Waals surface area contributed by atoms with Crippen molar-refractivity contribution in [2.45, 2.75) is 19.3 Å². The minimum Gasteiger partial charge on any atom is -0.354 e. The number of carbonyl (C=O) groups excluding carboxylic acids is 2. The average Bonchev–Trinajstić information content (AvgIpc) is 2.61. The molecule has 24 heavy (non-hydrogen) atoms. The molecule has 0 saturated carbocycles. The number of carbonyl (C=O) groups is 2. The summed E-state index contributed by atoms with van der Waals surface area (Å²) in [6, 6.07) is 16.7. The summed E-state index contributed by atoms with van der Waals surface area (Å²) in [7, 11) is 0. The van der Waals surface area contributed by atoms with Crippen molar-refractivity contribution in [2.75, 3.05) is 13.1 Å². The fourth-order valence-corrected chi connectivity index (χ4v) is 2.53. The molecule has 0 bridgehead atoms. The lowest BCUT2D eigenvalue weighted by Crippen LogP contribution is -2.34. The third kappa shape index (κ3) is 6.05. The van der Waals surface area contributed by atoms with Gasteiger partial charge in [0.1, 0.15) is 0 Å². The van der Waals surface area contributed by atoms with Gasteiger partial charge in [0.05, 0.1) is 0 Å². The zero-order valence-electron chi connectivity index (χ0n) is 13.4. The molecule has 0 unspecified atom stereocenters. The van der Waals surface area contributed by atoms with Crippen molar-refractivity contribution in [3.63, 3.8) is 0 Å². The topological polar surface area (TPSA) is 58.2 Å². The molecule has 0 heterocycles. The first kappa shape index (κ1) is 18.0. The van der Waals surface area contributed by atoms with Crippen LogP contribution in [0.25, 0.3) is 0 Å². The van der Waals surface area contributed by atoms with Gasteiger partial charge in [0.2, 0.25) is 5.91 Å². The highest BCUT2D eigenvalue weighted by Crippen LogP contribution is 2.16. The second-order valence-electron chi connectivity index (χ2n) is 5.42. The number of amides is 2. The summed E-state index contributed by atoms with van der Waals surface area (Å²) in [5, 5.41) is 6.31. The molecule has 0 aromatic heterocycles. The molecular weight excluding hydrogens is 324 g/mol. The van der Waals surface area contributed by atoms with Gasteiger partial charge >= 0.3 is 0 Å². The van der Waals surface area contributed by atoms with E-state index in [4.69, 9.17) is 11.6 Å². The van der Waals surface area contributed by atoms with Crippen LogP contribution in [0.4, 0.5) is 0 Å². The molecule has 2 N–H and O–H groups in total. The molecule has 0 aliphatic carbocycles. The molecule has 0 aliphatic rings. The zero-order chi connectivity index (χ0) is 17.2. The highest BCUT2D eigenvalue weighted by Gasteiger charge is 2.05. The van der Waals surface area contributed by atoms with Crippen molar-refractivity contribution in [3.05, 3.63) is 70.7 Å². The van der Waals surface area contributed by atoms with Crippen LogP contribution < -0.4 is 10.6 Å². The Bertz CT molecular complexity index is 674. The quantitative estimate of drug-likeness (QED) is 0.722. The van der Waals surface area contributed by atoms with Gasteiger partial charge < -0.3 is 10.6 Å². The van der Waals surface area contributed by atoms with E-state index in [0.717, 1.165) is 23.4 Å². The van der Waals surface area contributed by atoms with E-state index in [-0.39, 0.29) is 11.8 Å². The molecule has 0 atom stereocenters. The van der Waals surface area contributed by atoms with Gasteiger partial charge in [-0.2, -0.15) is 0 Å². The summed E-state index contributed by atoms with van der Waals surface area (Å²) >= 11 is 6.08. The van der Waals surface area contributed by atoms with Crippen molar-refractivity contribution in [2.24, 2.45) is 0 Å². The molecule has 2 aromatic carbocycles. The van der Waals surface area contributed by atoms with Crippen molar-refractivity contribution < 1.29 is 9.59 Å². The van der Waals surface area contributed by atoms with Gasteiger partial charge in [0.25, 0.3) is 5.91 Å². The maximum Gasteiger partial charge on any atom is 0.251 e. The SMILES string of the molecule is O=C(CCCc1ccccc1Cl)NCCNC(=O)c1ccccc1. The summed E-state index contributed by atoms with van der Waals surface area (Å²) in [5.41, 5.74) is 1.67. The van der Waals surface area contributed by atoms with Crippen LogP contribution in [0.15, 0.2) is 54.6 Å². The lowest BCUT2D eigenvalue weighted by Gasteiger charge is -2.08. The van der Waals surface area contributed by atoms with E-state index in [1.165, 1.54) is 0 Å². The smallest absolute Gasteiger partial charge is 0.251 e. The minimum absolute atomic E-state index is 0.0176. The van der Waals surface area contributed by atoms with Gasteiger partial charge in [0.15, 0.2) is 0 Å². The molecule has 2 amide bonds. The highest BCUT2D eigenvalue weighted by molar-refractivity contribution is 6.31. The molecule has 126 valence electrons. The van der Waals surface area contributed by atoms with E-state index >= 15 is 0 Å². The Balaban J connectivity index is 1.58. The lowest BCUT2D eigenvalue weighted by atomic mass is 10.1. The van der Waals surface area contributed by atoms with Crippen LogP contribution in [0.1, 0.15) is 28.8 Å². The van der Waals surface area contributed by atoms with Gasteiger partial charge in [-0.1, -0.05) is 48.0 Å². The van der Waals surface area contributed by atoms with Gasteiger partial charge in [-0.25, -0.2) is 0 Å². The van der Waals surface area contributed by atoms with Crippen LogP contribution in [0.3, 0.4) is 0 Å². The second kappa shape index (κ2) is 9.73. The fraction of sp³-hybridized carbons (Fsp3) is 0.263.